The molecule has 0 N–H and O–H groups in total. The first-order chi connectivity index (χ1) is 13.8. The van der Waals surface area contributed by atoms with Crippen LogP contribution < -0.4 is 20.0 Å². The highest BCUT2D eigenvalue weighted by molar-refractivity contribution is 5.81. The van der Waals surface area contributed by atoms with Crippen molar-refractivity contribution >= 4 is 17.1 Å². The molecule has 0 aliphatic carbocycles. The molecule has 2 heterocycles. The number of aromatic nitrogens is 1. The zero-order chi connectivity index (χ0) is 20.6. The lowest BCUT2D eigenvalue weighted by molar-refractivity contribution is -0.157. The first kappa shape index (κ1) is 18.9. The van der Waals surface area contributed by atoms with Crippen molar-refractivity contribution < 1.29 is 28.2 Å². The predicted octanol–water partition coefficient (Wildman–Crippen LogP) is 3.09. The fourth-order valence-electron chi connectivity index (χ4n) is 3.08. The number of para-hydroxylation sites is 1. The maximum absolute atomic E-state index is 12.4. The van der Waals surface area contributed by atoms with Crippen LogP contribution in [0.5, 0.6) is 17.2 Å². The van der Waals surface area contributed by atoms with Crippen LogP contribution in [0.3, 0.4) is 0 Å². The van der Waals surface area contributed by atoms with E-state index in [1.54, 1.807) is 45.0 Å². The Labute approximate surface area is 166 Å². The summed E-state index contributed by atoms with van der Waals surface area (Å²) in [6, 6.07) is 10.5. The summed E-state index contributed by atoms with van der Waals surface area (Å²) in [4.78, 5) is 24.4. The molecule has 4 rings (SSSR count). The van der Waals surface area contributed by atoms with Gasteiger partial charge < -0.3 is 23.4 Å². The van der Waals surface area contributed by atoms with Crippen LogP contribution in [-0.4, -0.2) is 29.5 Å². The van der Waals surface area contributed by atoms with Gasteiger partial charge in [0, 0.05) is 0 Å². The topological polar surface area (TPSA) is 89.1 Å². The molecular formula is C21H21NO7. The molecule has 1 aliphatic heterocycles. The van der Waals surface area contributed by atoms with Gasteiger partial charge in [-0.05, 0) is 50.6 Å². The summed E-state index contributed by atoms with van der Waals surface area (Å²) in [5.74, 6) is 0.637. The summed E-state index contributed by atoms with van der Waals surface area (Å²) in [6.45, 7) is 5.49. The van der Waals surface area contributed by atoms with Gasteiger partial charge >= 0.3 is 11.7 Å². The number of nitrogens with zero attached hydrogens (tertiary/aromatic N) is 1. The minimum atomic E-state index is -0.608. The largest absolute Gasteiger partial charge is 0.480 e. The van der Waals surface area contributed by atoms with Crippen molar-refractivity contribution in [1.82, 2.24) is 4.57 Å². The second-order valence-corrected chi connectivity index (χ2v) is 7.62. The molecule has 2 aromatic carbocycles. The zero-order valence-electron chi connectivity index (χ0n) is 16.4. The third-order valence-electron chi connectivity index (χ3n) is 4.19. The molecule has 1 aliphatic rings. The van der Waals surface area contributed by atoms with Crippen molar-refractivity contribution in [3.05, 3.63) is 52.5 Å². The van der Waals surface area contributed by atoms with Crippen molar-refractivity contribution in [2.45, 2.75) is 32.9 Å². The van der Waals surface area contributed by atoms with E-state index in [0.717, 1.165) is 5.56 Å². The Balaban J connectivity index is 1.62. The molecule has 0 spiro atoms. The lowest BCUT2D eigenvalue weighted by atomic mass is 10.2. The summed E-state index contributed by atoms with van der Waals surface area (Å²) >= 11 is 0. The van der Waals surface area contributed by atoms with Gasteiger partial charge in [0.15, 0.2) is 23.7 Å². The van der Waals surface area contributed by atoms with E-state index in [1.165, 1.54) is 4.57 Å². The Morgan fingerprint density at radius 1 is 1.14 bits per heavy atom. The summed E-state index contributed by atoms with van der Waals surface area (Å²) in [5.41, 5.74) is 1.07. The minimum absolute atomic E-state index is 0.177. The van der Waals surface area contributed by atoms with Crippen LogP contribution in [0.15, 0.2) is 45.6 Å². The summed E-state index contributed by atoms with van der Waals surface area (Å²) < 4.78 is 28.4. The Bertz CT molecular complexity index is 1120. The molecular weight excluding hydrogens is 378 g/mol. The quantitative estimate of drug-likeness (QED) is 0.609. The molecule has 0 saturated carbocycles. The first-order valence-electron chi connectivity index (χ1n) is 9.16. The van der Waals surface area contributed by atoms with Gasteiger partial charge in [-0.3, -0.25) is 4.57 Å². The maximum Gasteiger partial charge on any atom is 0.420 e. The lowest BCUT2D eigenvalue weighted by Gasteiger charge is -2.19. The summed E-state index contributed by atoms with van der Waals surface area (Å²) in [6.07, 6.45) is 0. The van der Waals surface area contributed by atoms with Crippen molar-refractivity contribution in [3.8, 4) is 17.2 Å². The fourth-order valence-corrected chi connectivity index (χ4v) is 3.08. The van der Waals surface area contributed by atoms with Crippen LogP contribution in [-0.2, 0) is 16.1 Å². The van der Waals surface area contributed by atoms with E-state index < -0.39 is 17.3 Å². The van der Waals surface area contributed by atoms with Gasteiger partial charge in [-0.1, -0.05) is 12.1 Å². The molecule has 0 atom stereocenters. The Hall–Kier alpha value is -3.42. The van der Waals surface area contributed by atoms with Gasteiger partial charge in [0.1, 0.15) is 16.9 Å². The Kier molecular flexibility index (Phi) is 4.70. The lowest BCUT2D eigenvalue weighted by Crippen LogP contribution is -2.27. The van der Waals surface area contributed by atoms with Crippen molar-refractivity contribution in [1.29, 1.82) is 0 Å². The molecule has 152 valence electrons. The molecule has 1 aromatic heterocycles. The number of hydrogen-bond acceptors (Lipinski definition) is 7. The highest BCUT2D eigenvalue weighted by Gasteiger charge is 2.20. The summed E-state index contributed by atoms with van der Waals surface area (Å²) in [7, 11) is 0. The third kappa shape index (κ3) is 4.06. The van der Waals surface area contributed by atoms with Crippen LogP contribution in [0.1, 0.15) is 26.3 Å². The number of rotatable bonds is 5. The smallest absolute Gasteiger partial charge is 0.420 e. The normalized spacial score (nSPS) is 12.9. The van der Waals surface area contributed by atoms with E-state index in [1.807, 2.05) is 12.1 Å². The van der Waals surface area contributed by atoms with Gasteiger partial charge in [0.25, 0.3) is 0 Å². The molecule has 8 heteroatoms. The Morgan fingerprint density at radius 3 is 2.72 bits per heavy atom. The second-order valence-electron chi connectivity index (χ2n) is 7.62. The molecule has 0 bridgehead atoms. The first-order valence-corrected chi connectivity index (χ1v) is 9.16. The van der Waals surface area contributed by atoms with Crippen LogP contribution >= 0.6 is 0 Å². The average molecular weight is 399 g/mol. The van der Waals surface area contributed by atoms with E-state index in [-0.39, 0.29) is 19.9 Å². The predicted molar refractivity (Wildman–Crippen MR) is 103 cm³/mol. The number of carbonyl (C=O) groups is 1. The van der Waals surface area contributed by atoms with Crippen LogP contribution in [0.4, 0.5) is 0 Å². The van der Waals surface area contributed by atoms with Crippen molar-refractivity contribution in [2.24, 2.45) is 0 Å². The standard InChI is InChI=1S/C21H21NO7/c1-21(2,3)29-18(23)11-25-15-5-4-6-16-19(15)22(20(24)28-16)10-13-7-8-14-17(9-13)27-12-26-14/h4-9H,10-12H2,1-3H3. The fraction of sp³-hybridized carbons (Fsp3) is 0.333. The number of esters is 1. The van der Waals surface area contributed by atoms with Crippen LogP contribution in [0, 0.1) is 0 Å². The highest BCUT2D eigenvalue weighted by atomic mass is 16.7. The van der Waals surface area contributed by atoms with Gasteiger partial charge in [0.2, 0.25) is 6.79 Å². The summed E-state index contributed by atoms with van der Waals surface area (Å²) in [5, 5.41) is 0. The molecule has 3 aromatic rings. The van der Waals surface area contributed by atoms with E-state index >= 15 is 0 Å². The number of hydrogen-bond donors (Lipinski definition) is 0. The molecule has 0 radical (unpaired) electrons. The van der Waals surface area contributed by atoms with E-state index in [4.69, 9.17) is 23.4 Å². The zero-order valence-corrected chi connectivity index (χ0v) is 16.4. The number of ether oxygens (including phenoxy) is 4. The highest BCUT2D eigenvalue weighted by Crippen LogP contribution is 2.33. The third-order valence-corrected chi connectivity index (χ3v) is 4.19. The van der Waals surface area contributed by atoms with Crippen molar-refractivity contribution in [3.63, 3.8) is 0 Å². The van der Waals surface area contributed by atoms with Crippen molar-refractivity contribution in [2.75, 3.05) is 13.4 Å². The van der Waals surface area contributed by atoms with Gasteiger partial charge in [-0.15, -0.1) is 0 Å². The van der Waals surface area contributed by atoms with Crippen LogP contribution in [0.25, 0.3) is 11.1 Å². The molecule has 0 unspecified atom stereocenters. The Morgan fingerprint density at radius 2 is 1.93 bits per heavy atom. The van der Waals surface area contributed by atoms with E-state index in [9.17, 15) is 9.59 Å². The number of benzene rings is 2. The SMILES string of the molecule is CC(C)(C)OC(=O)COc1cccc2oc(=O)n(Cc3ccc4c(c3)OCO4)c12. The van der Waals surface area contributed by atoms with Gasteiger partial charge in [0.05, 0.1) is 6.54 Å². The monoisotopic (exact) mass is 399 g/mol. The molecule has 0 saturated heterocycles. The molecule has 8 nitrogen and oxygen atoms in total. The van der Waals surface area contributed by atoms with E-state index in [2.05, 4.69) is 0 Å². The van der Waals surface area contributed by atoms with E-state index in [0.29, 0.717) is 28.3 Å². The number of carbonyl (C=O) groups excluding carboxylic acids is 1. The number of oxazole rings is 1. The number of fused-ring (bicyclic) bond motifs is 2. The molecule has 0 fully saturated rings. The minimum Gasteiger partial charge on any atom is -0.480 e. The second kappa shape index (κ2) is 7.20. The van der Waals surface area contributed by atoms with Gasteiger partial charge in [-0.25, -0.2) is 9.59 Å². The maximum atomic E-state index is 12.4. The molecule has 29 heavy (non-hydrogen) atoms. The molecule has 0 amide bonds. The van der Waals surface area contributed by atoms with Crippen LogP contribution in [0.2, 0.25) is 0 Å². The van der Waals surface area contributed by atoms with Gasteiger partial charge in [-0.2, -0.15) is 0 Å². The average Bonchev–Trinajstić information content (AvgIpc) is 3.23.